The molecule has 2 aromatic carbocycles. The Bertz CT molecular complexity index is 991. The molecule has 1 heterocycles. The lowest BCUT2D eigenvalue weighted by molar-refractivity contribution is 0.0602. The van der Waals surface area contributed by atoms with Crippen molar-refractivity contribution in [3.63, 3.8) is 0 Å². The highest BCUT2D eigenvalue weighted by Gasteiger charge is 2.12. The Morgan fingerprint density at radius 3 is 2.59 bits per heavy atom. The Balaban J connectivity index is 1.71. The SMILES string of the molecule is COC(=O)c1ccccc1Nc1nc(C)cc(NCCc2ccccc2OC)n1. The van der Waals surface area contributed by atoms with E-state index in [0.29, 0.717) is 29.6 Å². The highest BCUT2D eigenvalue weighted by Crippen LogP contribution is 2.21. The van der Waals surface area contributed by atoms with Gasteiger partial charge in [0.15, 0.2) is 0 Å². The number of nitrogens with one attached hydrogen (secondary N) is 2. The molecular formula is C22H24N4O3. The summed E-state index contributed by atoms with van der Waals surface area (Å²) < 4.78 is 10.2. The minimum Gasteiger partial charge on any atom is -0.496 e. The predicted octanol–water partition coefficient (Wildman–Crippen LogP) is 3.98. The minimum absolute atomic E-state index is 0.404. The molecule has 29 heavy (non-hydrogen) atoms. The summed E-state index contributed by atoms with van der Waals surface area (Å²) in [7, 11) is 3.02. The number of esters is 1. The van der Waals surface area contributed by atoms with E-state index in [1.807, 2.05) is 43.3 Å². The first kappa shape index (κ1) is 20.1. The number of nitrogens with zero attached hydrogens (tertiary/aromatic N) is 2. The van der Waals surface area contributed by atoms with Crippen molar-refractivity contribution < 1.29 is 14.3 Å². The van der Waals surface area contributed by atoms with Crippen molar-refractivity contribution in [3.05, 3.63) is 71.4 Å². The predicted molar refractivity (Wildman–Crippen MR) is 113 cm³/mol. The first-order valence-corrected chi connectivity index (χ1v) is 9.26. The van der Waals surface area contributed by atoms with E-state index in [-0.39, 0.29) is 0 Å². The van der Waals surface area contributed by atoms with Crippen LogP contribution in [0, 0.1) is 6.92 Å². The highest BCUT2D eigenvalue weighted by atomic mass is 16.5. The zero-order valence-electron chi connectivity index (χ0n) is 16.7. The minimum atomic E-state index is -0.420. The first-order chi connectivity index (χ1) is 14.1. The standard InChI is InChI=1S/C22H24N4O3/c1-15-14-20(23-13-12-16-8-4-7-11-19(16)28-2)26-22(24-15)25-18-10-6-5-9-17(18)21(27)29-3/h4-11,14H,12-13H2,1-3H3,(H2,23,24,25,26). The summed E-state index contributed by atoms with van der Waals surface area (Å²) in [5.74, 6) is 1.55. The fraction of sp³-hybridized carbons (Fsp3) is 0.227. The third-order valence-electron chi connectivity index (χ3n) is 4.33. The summed E-state index contributed by atoms with van der Waals surface area (Å²) in [6, 6.07) is 16.9. The van der Waals surface area contributed by atoms with Crippen molar-refractivity contribution in [2.75, 3.05) is 31.4 Å². The van der Waals surface area contributed by atoms with Crippen molar-refractivity contribution in [1.29, 1.82) is 0 Å². The molecule has 1 aromatic heterocycles. The van der Waals surface area contributed by atoms with Crippen LogP contribution in [-0.2, 0) is 11.2 Å². The number of benzene rings is 2. The van der Waals surface area contributed by atoms with Gasteiger partial charge in [0.1, 0.15) is 11.6 Å². The Kier molecular flexibility index (Phi) is 6.63. The molecule has 0 unspecified atom stereocenters. The van der Waals surface area contributed by atoms with Crippen LogP contribution in [0.25, 0.3) is 0 Å². The molecule has 0 aliphatic rings. The van der Waals surface area contributed by atoms with Crippen LogP contribution < -0.4 is 15.4 Å². The molecule has 0 saturated heterocycles. The number of carbonyl (C=O) groups is 1. The molecule has 0 radical (unpaired) electrons. The maximum absolute atomic E-state index is 12.0. The average molecular weight is 392 g/mol. The van der Waals surface area contributed by atoms with Gasteiger partial charge in [-0.15, -0.1) is 0 Å². The Hall–Kier alpha value is -3.61. The maximum Gasteiger partial charge on any atom is 0.339 e. The second-order valence-corrected chi connectivity index (χ2v) is 6.37. The van der Waals surface area contributed by atoms with Gasteiger partial charge >= 0.3 is 5.97 Å². The average Bonchev–Trinajstić information content (AvgIpc) is 2.73. The molecule has 0 bridgehead atoms. The van der Waals surface area contributed by atoms with Crippen LogP contribution in [0.1, 0.15) is 21.6 Å². The highest BCUT2D eigenvalue weighted by molar-refractivity contribution is 5.96. The summed E-state index contributed by atoms with van der Waals surface area (Å²) >= 11 is 0. The van der Waals surface area contributed by atoms with E-state index in [1.165, 1.54) is 7.11 Å². The zero-order chi connectivity index (χ0) is 20.6. The summed E-state index contributed by atoms with van der Waals surface area (Å²) in [6.07, 6.45) is 0.793. The van der Waals surface area contributed by atoms with Crippen molar-refractivity contribution >= 4 is 23.4 Å². The largest absolute Gasteiger partial charge is 0.496 e. The van der Waals surface area contributed by atoms with Crippen molar-refractivity contribution in [2.45, 2.75) is 13.3 Å². The molecule has 2 N–H and O–H groups in total. The molecule has 3 aromatic rings. The van der Waals surface area contributed by atoms with Crippen LogP contribution in [0.15, 0.2) is 54.6 Å². The Morgan fingerprint density at radius 2 is 1.79 bits per heavy atom. The van der Waals surface area contributed by atoms with Gasteiger partial charge in [-0.1, -0.05) is 30.3 Å². The number of rotatable bonds is 8. The second kappa shape index (κ2) is 9.54. The van der Waals surface area contributed by atoms with Gasteiger partial charge in [-0.25, -0.2) is 9.78 Å². The number of ether oxygens (including phenoxy) is 2. The fourth-order valence-electron chi connectivity index (χ4n) is 2.95. The van der Waals surface area contributed by atoms with Crippen molar-refractivity contribution in [3.8, 4) is 5.75 Å². The van der Waals surface area contributed by atoms with Crippen molar-refractivity contribution in [1.82, 2.24) is 9.97 Å². The number of para-hydroxylation sites is 2. The van der Waals surface area contributed by atoms with Gasteiger partial charge in [0.2, 0.25) is 5.95 Å². The molecule has 0 spiro atoms. The number of carbonyl (C=O) groups excluding carboxylic acids is 1. The molecule has 0 aliphatic heterocycles. The van der Waals surface area contributed by atoms with Gasteiger partial charge in [-0.3, -0.25) is 0 Å². The summed E-state index contributed by atoms with van der Waals surface area (Å²) in [4.78, 5) is 20.9. The lowest BCUT2D eigenvalue weighted by Gasteiger charge is -2.12. The van der Waals surface area contributed by atoms with E-state index >= 15 is 0 Å². The van der Waals surface area contributed by atoms with Crippen LogP contribution in [0.3, 0.4) is 0 Å². The number of aromatic nitrogens is 2. The molecule has 7 heteroatoms. The summed E-state index contributed by atoms with van der Waals surface area (Å²) in [5.41, 5.74) is 2.94. The van der Waals surface area contributed by atoms with Gasteiger partial charge in [0.25, 0.3) is 0 Å². The maximum atomic E-state index is 12.0. The summed E-state index contributed by atoms with van der Waals surface area (Å²) in [5, 5.41) is 6.43. The van der Waals surface area contributed by atoms with Gasteiger partial charge in [0, 0.05) is 18.3 Å². The van der Waals surface area contributed by atoms with E-state index in [1.54, 1.807) is 25.3 Å². The third kappa shape index (κ3) is 5.22. The smallest absolute Gasteiger partial charge is 0.339 e. The van der Waals surface area contributed by atoms with E-state index < -0.39 is 5.97 Å². The Morgan fingerprint density at radius 1 is 1.03 bits per heavy atom. The Labute approximate surface area is 170 Å². The molecule has 7 nitrogen and oxygen atoms in total. The quantitative estimate of drug-likeness (QED) is 0.561. The topological polar surface area (TPSA) is 85.4 Å². The summed E-state index contributed by atoms with van der Waals surface area (Å²) in [6.45, 7) is 2.58. The van der Waals surface area contributed by atoms with E-state index in [9.17, 15) is 4.79 Å². The molecular weight excluding hydrogens is 368 g/mol. The van der Waals surface area contributed by atoms with Crippen LogP contribution in [0.2, 0.25) is 0 Å². The molecule has 150 valence electrons. The van der Waals surface area contributed by atoms with Crippen LogP contribution in [-0.4, -0.2) is 36.7 Å². The van der Waals surface area contributed by atoms with Gasteiger partial charge in [0.05, 0.1) is 25.5 Å². The zero-order valence-corrected chi connectivity index (χ0v) is 16.7. The lowest BCUT2D eigenvalue weighted by Crippen LogP contribution is -2.10. The van der Waals surface area contributed by atoms with Crippen LogP contribution in [0.5, 0.6) is 5.75 Å². The number of hydrogen-bond acceptors (Lipinski definition) is 7. The van der Waals surface area contributed by atoms with E-state index in [2.05, 4.69) is 20.6 Å². The number of hydrogen-bond donors (Lipinski definition) is 2. The lowest BCUT2D eigenvalue weighted by atomic mass is 10.1. The van der Waals surface area contributed by atoms with Crippen LogP contribution >= 0.6 is 0 Å². The molecule has 0 amide bonds. The van der Waals surface area contributed by atoms with Gasteiger partial charge in [-0.05, 0) is 37.1 Å². The molecule has 0 aliphatic carbocycles. The molecule has 3 rings (SSSR count). The number of aryl methyl sites for hydroxylation is 1. The van der Waals surface area contributed by atoms with Crippen LogP contribution in [0.4, 0.5) is 17.5 Å². The molecule has 0 fully saturated rings. The van der Waals surface area contributed by atoms with E-state index in [0.717, 1.165) is 23.4 Å². The first-order valence-electron chi connectivity index (χ1n) is 9.26. The number of methoxy groups -OCH3 is 2. The van der Waals surface area contributed by atoms with Crippen molar-refractivity contribution in [2.24, 2.45) is 0 Å². The monoisotopic (exact) mass is 392 g/mol. The van der Waals surface area contributed by atoms with Gasteiger partial charge in [-0.2, -0.15) is 4.98 Å². The molecule has 0 atom stereocenters. The second-order valence-electron chi connectivity index (χ2n) is 6.37. The normalized spacial score (nSPS) is 10.3. The van der Waals surface area contributed by atoms with Gasteiger partial charge < -0.3 is 20.1 Å². The molecule has 0 saturated carbocycles. The number of anilines is 3. The third-order valence-corrected chi connectivity index (χ3v) is 4.33. The van der Waals surface area contributed by atoms with E-state index in [4.69, 9.17) is 9.47 Å². The fourth-order valence-corrected chi connectivity index (χ4v) is 2.95.